The monoisotopic (exact) mass is 389 g/mol. The number of pyridine rings is 1. The quantitative estimate of drug-likeness (QED) is 0.709. The molecule has 0 radical (unpaired) electrons. The van der Waals surface area contributed by atoms with E-state index in [-0.39, 0.29) is 5.75 Å². The molecule has 0 saturated carbocycles. The lowest BCUT2D eigenvalue weighted by molar-refractivity contribution is 0.219. The number of nitrogens with one attached hydrogen (secondary N) is 1. The maximum Gasteiger partial charge on any atom is 0.151 e. The number of nitrogens with zero attached hydrogens (tertiary/aromatic N) is 4. The molecule has 3 atom stereocenters. The van der Waals surface area contributed by atoms with E-state index in [0.29, 0.717) is 29.4 Å². The second-order valence-electron chi connectivity index (χ2n) is 8.49. The molecule has 1 aromatic carbocycles. The second-order valence-corrected chi connectivity index (χ2v) is 8.49. The van der Waals surface area contributed by atoms with Crippen LogP contribution in [0.25, 0.3) is 22.0 Å². The number of rotatable bonds is 3. The Kier molecular flexibility index (Phi) is 4.59. The lowest BCUT2D eigenvalue weighted by Gasteiger charge is -2.43. The Labute approximate surface area is 171 Å². The van der Waals surface area contributed by atoms with Crippen molar-refractivity contribution >= 4 is 16.6 Å². The molecule has 2 aliphatic heterocycles. The van der Waals surface area contributed by atoms with Gasteiger partial charge in [0.15, 0.2) is 5.82 Å². The van der Waals surface area contributed by atoms with Crippen LogP contribution in [-0.2, 0) is 0 Å². The molecule has 2 aliphatic rings. The van der Waals surface area contributed by atoms with E-state index in [1.54, 1.807) is 12.3 Å². The standard InChI is InChI=1S/C23H27N5O/c1-14-19-13-22(29)20(10-15(19)8-9-24-14)21-6-7-23(27-26-21)28(2)18-11-16-4-3-5-17(12-18)25-16/h6-10,13,16-18,25,29H,3-5,11-12H2,1-2H3/t16-,17+,18?. The van der Waals surface area contributed by atoms with Crippen LogP contribution in [0.15, 0.2) is 36.5 Å². The summed E-state index contributed by atoms with van der Waals surface area (Å²) in [4.78, 5) is 6.57. The number of anilines is 1. The Morgan fingerprint density at radius 3 is 2.59 bits per heavy atom. The van der Waals surface area contributed by atoms with Crippen LogP contribution in [0.2, 0.25) is 0 Å². The number of piperidine rings is 2. The van der Waals surface area contributed by atoms with Crippen molar-refractivity contribution in [2.24, 2.45) is 0 Å². The van der Waals surface area contributed by atoms with Gasteiger partial charge >= 0.3 is 0 Å². The number of phenolic OH excluding ortho intramolecular Hbond substituents is 1. The van der Waals surface area contributed by atoms with Gasteiger partial charge < -0.3 is 15.3 Å². The third-order valence-electron chi connectivity index (χ3n) is 6.61. The first-order valence-corrected chi connectivity index (χ1v) is 10.5. The summed E-state index contributed by atoms with van der Waals surface area (Å²) in [6.07, 6.45) is 8.02. The van der Waals surface area contributed by atoms with Crippen LogP contribution in [0.1, 0.15) is 37.8 Å². The van der Waals surface area contributed by atoms with Crippen molar-refractivity contribution < 1.29 is 5.11 Å². The van der Waals surface area contributed by atoms with Crippen molar-refractivity contribution in [3.8, 4) is 17.0 Å². The molecule has 2 N–H and O–H groups in total. The van der Waals surface area contributed by atoms with Gasteiger partial charge in [-0.15, -0.1) is 10.2 Å². The first-order valence-electron chi connectivity index (χ1n) is 10.5. The molecule has 0 amide bonds. The summed E-state index contributed by atoms with van der Waals surface area (Å²) in [5, 5.41) is 25.2. The van der Waals surface area contributed by atoms with Gasteiger partial charge in [0, 0.05) is 48.0 Å². The third kappa shape index (κ3) is 3.42. The SMILES string of the molecule is Cc1nccc2cc(-c3ccc(N(C)C4C[C@H]5CCC[C@@H](C4)N5)nn3)c(O)cc12. The highest BCUT2D eigenvalue weighted by Crippen LogP contribution is 2.34. The fourth-order valence-corrected chi connectivity index (χ4v) is 4.96. The summed E-state index contributed by atoms with van der Waals surface area (Å²) in [7, 11) is 2.12. The molecule has 3 aromatic rings. The number of aromatic nitrogens is 3. The molecular formula is C23H27N5O. The van der Waals surface area contributed by atoms with Crippen LogP contribution >= 0.6 is 0 Å². The molecule has 5 rings (SSSR count). The van der Waals surface area contributed by atoms with Gasteiger partial charge in [-0.1, -0.05) is 6.42 Å². The number of aryl methyl sites for hydroxylation is 1. The average Bonchev–Trinajstić information content (AvgIpc) is 2.73. The van der Waals surface area contributed by atoms with E-state index in [2.05, 4.69) is 32.4 Å². The highest BCUT2D eigenvalue weighted by Gasteiger charge is 2.33. The Morgan fingerprint density at radius 1 is 1.07 bits per heavy atom. The van der Waals surface area contributed by atoms with Crippen molar-refractivity contribution in [2.75, 3.05) is 11.9 Å². The van der Waals surface area contributed by atoms with E-state index in [0.717, 1.165) is 35.1 Å². The maximum absolute atomic E-state index is 10.5. The van der Waals surface area contributed by atoms with E-state index >= 15 is 0 Å². The highest BCUT2D eigenvalue weighted by molar-refractivity contribution is 5.91. The Balaban J connectivity index is 1.40. The average molecular weight is 390 g/mol. The van der Waals surface area contributed by atoms with E-state index in [1.165, 1.54) is 19.3 Å². The molecular weight excluding hydrogens is 362 g/mol. The minimum Gasteiger partial charge on any atom is -0.507 e. The first-order chi connectivity index (χ1) is 14.1. The smallest absolute Gasteiger partial charge is 0.151 e. The van der Waals surface area contributed by atoms with E-state index in [1.807, 2.05) is 31.2 Å². The summed E-state index contributed by atoms with van der Waals surface area (Å²) in [5.74, 6) is 1.09. The predicted molar refractivity (Wildman–Crippen MR) is 115 cm³/mol. The third-order valence-corrected chi connectivity index (χ3v) is 6.61. The number of phenols is 1. The molecule has 6 nitrogen and oxygen atoms in total. The Hall–Kier alpha value is -2.73. The van der Waals surface area contributed by atoms with Gasteiger partial charge in [-0.2, -0.15) is 0 Å². The first kappa shape index (κ1) is 18.3. The maximum atomic E-state index is 10.5. The molecule has 0 spiro atoms. The minimum atomic E-state index is 0.204. The topological polar surface area (TPSA) is 74.2 Å². The molecule has 4 heterocycles. The van der Waals surface area contributed by atoms with E-state index < -0.39 is 0 Å². The van der Waals surface area contributed by atoms with E-state index in [9.17, 15) is 5.11 Å². The van der Waals surface area contributed by atoms with Crippen molar-refractivity contribution in [1.29, 1.82) is 0 Å². The zero-order valence-electron chi connectivity index (χ0n) is 17.0. The van der Waals surface area contributed by atoms with Crippen LogP contribution in [0.3, 0.4) is 0 Å². The zero-order chi connectivity index (χ0) is 20.0. The van der Waals surface area contributed by atoms with Crippen LogP contribution in [0.4, 0.5) is 5.82 Å². The van der Waals surface area contributed by atoms with Crippen LogP contribution < -0.4 is 10.2 Å². The van der Waals surface area contributed by atoms with Crippen molar-refractivity contribution in [3.05, 3.63) is 42.2 Å². The molecule has 1 unspecified atom stereocenters. The number of hydrogen-bond donors (Lipinski definition) is 2. The van der Waals surface area contributed by atoms with Gasteiger partial charge in [-0.3, -0.25) is 4.98 Å². The van der Waals surface area contributed by atoms with Crippen LogP contribution in [0.5, 0.6) is 5.75 Å². The number of hydrogen-bond acceptors (Lipinski definition) is 6. The van der Waals surface area contributed by atoms with Gasteiger partial charge in [0.25, 0.3) is 0 Å². The van der Waals surface area contributed by atoms with Gasteiger partial charge in [0.05, 0.1) is 5.69 Å². The van der Waals surface area contributed by atoms with Crippen molar-refractivity contribution in [1.82, 2.24) is 20.5 Å². The van der Waals surface area contributed by atoms with Gasteiger partial charge in [0.1, 0.15) is 5.75 Å². The fraction of sp³-hybridized carbons (Fsp3) is 0.435. The highest BCUT2D eigenvalue weighted by atomic mass is 16.3. The molecule has 2 saturated heterocycles. The Morgan fingerprint density at radius 2 is 1.86 bits per heavy atom. The van der Waals surface area contributed by atoms with Gasteiger partial charge in [-0.25, -0.2) is 0 Å². The molecule has 2 aromatic heterocycles. The number of benzene rings is 1. The summed E-state index contributed by atoms with van der Waals surface area (Å²) < 4.78 is 0. The van der Waals surface area contributed by atoms with Crippen molar-refractivity contribution in [2.45, 2.75) is 57.2 Å². The molecule has 6 heteroatoms. The summed E-state index contributed by atoms with van der Waals surface area (Å²) >= 11 is 0. The Bertz CT molecular complexity index is 1020. The van der Waals surface area contributed by atoms with Gasteiger partial charge in [0.2, 0.25) is 0 Å². The number of aromatic hydroxyl groups is 1. The molecule has 0 aliphatic carbocycles. The molecule has 2 fully saturated rings. The summed E-state index contributed by atoms with van der Waals surface area (Å²) in [6, 6.07) is 11.4. The molecule has 29 heavy (non-hydrogen) atoms. The van der Waals surface area contributed by atoms with Crippen LogP contribution in [-0.4, -0.2) is 45.5 Å². The second kappa shape index (κ2) is 7.26. The lowest BCUT2D eigenvalue weighted by Crippen LogP contribution is -2.54. The predicted octanol–water partition coefficient (Wildman–Crippen LogP) is 3.82. The number of fused-ring (bicyclic) bond motifs is 3. The van der Waals surface area contributed by atoms with Crippen molar-refractivity contribution in [3.63, 3.8) is 0 Å². The normalized spacial score (nSPS) is 23.9. The van der Waals surface area contributed by atoms with Gasteiger partial charge in [-0.05, 0) is 68.3 Å². The molecule has 150 valence electrons. The summed E-state index contributed by atoms with van der Waals surface area (Å²) in [6.45, 7) is 1.95. The molecule has 2 bridgehead atoms. The minimum absolute atomic E-state index is 0.204. The zero-order valence-corrected chi connectivity index (χ0v) is 17.0. The lowest BCUT2D eigenvalue weighted by atomic mass is 9.83. The summed E-state index contributed by atoms with van der Waals surface area (Å²) in [5.41, 5.74) is 2.28. The van der Waals surface area contributed by atoms with Crippen LogP contribution in [0, 0.1) is 6.92 Å². The fourth-order valence-electron chi connectivity index (χ4n) is 4.96. The van der Waals surface area contributed by atoms with E-state index in [4.69, 9.17) is 0 Å². The largest absolute Gasteiger partial charge is 0.507 e.